The Kier molecular flexibility index (Phi) is 4.05. The molecule has 3 heteroatoms. The Morgan fingerprint density at radius 3 is 2.67 bits per heavy atom. The number of benzene rings is 1. The zero-order valence-corrected chi connectivity index (χ0v) is 15.0. The second-order valence-corrected chi connectivity index (χ2v) is 7.76. The molecule has 0 atom stereocenters. The Hall–Kier alpha value is -1.87. The summed E-state index contributed by atoms with van der Waals surface area (Å²) in [6.07, 6.45) is 7.77. The molecule has 1 aliphatic heterocycles. The molecule has 1 fully saturated rings. The lowest BCUT2D eigenvalue weighted by Crippen LogP contribution is -2.49. The minimum Gasteiger partial charge on any atom is -0.349 e. The van der Waals surface area contributed by atoms with Crippen molar-refractivity contribution in [2.45, 2.75) is 39.2 Å². The first-order chi connectivity index (χ1) is 11.7. The van der Waals surface area contributed by atoms with Crippen LogP contribution in [-0.4, -0.2) is 36.1 Å². The minimum atomic E-state index is 1.12. The van der Waals surface area contributed by atoms with Crippen LogP contribution >= 0.6 is 0 Å². The third-order valence-corrected chi connectivity index (χ3v) is 5.95. The highest BCUT2D eigenvalue weighted by molar-refractivity contribution is 6.07. The first-order valence-electron chi connectivity index (χ1n) is 9.39. The van der Waals surface area contributed by atoms with Crippen LogP contribution in [0.25, 0.3) is 21.8 Å². The molecule has 1 saturated heterocycles. The van der Waals surface area contributed by atoms with E-state index in [0.29, 0.717) is 0 Å². The predicted octanol–water partition coefficient (Wildman–Crippen LogP) is 3.94. The predicted molar refractivity (Wildman–Crippen MR) is 100.0 cm³/mol. The Bertz CT molecular complexity index is 856. The third-order valence-electron chi connectivity index (χ3n) is 5.95. The number of likely N-dealkylation sites (tertiary alicyclic amines) is 1. The molecule has 2 aromatic heterocycles. The molecule has 1 N–H and O–H groups in total. The van der Waals surface area contributed by atoms with Gasteiger partial charge in [0.15, 0.2) is 12.7 Å². The van der Waals surface area contributed by atoms with Gasteiger partial charge in [-0.15, -0.1) is 0 Å². The summed E-state index contributed by atoms with van der Waals surface area (Å²) in [4.78, 5) is 3.61. The SMILES string of the molecule is Cc1c2[nH]c3ccccc3c2cc[n+]1CCC[N+]1(C)CCCCC1. The van der Waals surface area contributed by atoms with Gasteiger partial charge in [0.25, 0.3) is 0 Å². The number of para-hydroxylation sites is 1. The van der Waals surface area contributed by atoms with Crippen molar-refractivity contribution in [3.63, 3.8) is 0 Å². The van der Waals surface area contributed by atoms with Gasteiger partial charge in [-0.25, -0.2) is 4.57 Å². The van der Waals surface area contributed by atoms with Gasteiger partial charge in [0, 0.05) is 29.3 Å². The number of aromatic nitrogens is 2. The normalized spacial score (nSPS) is 17.6. The van der Waals surface area contributed by atoms with Gasteiger partial charge in [0.1, 0.15) is 5.52 Å². The summed E-state index contributed by atoms with van der Waals surface area (Å²) < 4.78 is 3.70. The van der Waals surface area contributed by atoms with Crippen LogP contribution in [0.2, 0.25) is 0 Å². The molecule has 3 heterocycles. The van der Waals surface area contributed by atoms with Crippen molar-refractivity contribution in [2.75, 3.05) is 26.7 Å². The third kappa shape index (κ3) is 2.82. The van der Waals surface area contributed by atoms with E-state index in [1.54, 1.807) is 0 Å². The molecule has 3 nitrogen and oxygen atoms in total. The fraction of sp³-hybridized carbons (Fsp3) is 0.476. The van der Waals surface area contributed by atoms with E-state index in [4.69, 9.17) is 0 Å². The van der Waals surface area contributed by atoms with Gasteiger partial charge in [-0.3, -0.25) is 0 Å². The van der Waals surface area contributed by atoms with Crippen LogP contribution in [0.1, 0.15) is 31.4 Å². The Morgan fingerprint density at radius 2 is 1.83 bits per heavy atom. The van der Waals surface area contributed by atoms with E-state index < -0.39 is 0 Å². The van der Waals surface area contributed by atoms with Crippen molar-refractivity contribution in [3.05, 3.63) is 42.2 Å². The highest BCUT2D eigenvalue weighted by atomic mass is 15.3. The number of piperidine rings is 1. The smallest absolute Gasteiger partial charge is 0.202 e. The summed E-state index contributed by atoms with van der Waals surface area (Å²) >= 11 is 0. The van der Waals surface area contributed by atoms with E-state index in [-0.39, 0.29) is 0 Å². The standard InChI is InChI=1S/C21H28N3/c1-17-21-19(18-9-4-5-10-20(18)22-21)11-13-23(17)12-8-16-24(2)14-6-3-7-15-24/h4-5,9-11,13H,3,6-8,12,14-16H2,1-2H3/q+1/p+1. The molecule has 24 heavy (non-hydrogen) atoms. The van der Waals surface area contributed by atoms with Gasteiger partial charge in [0.2, 0.25) is 5.69 Å². The maximum atomic E-state index is 3.61. The van der Waals surface area contributed by atoms with Crippen molar-refractivity contribution in [3.8, 4) is 0 Å². The number of H-pyrrole nitrogens is 1. The number of rotatable bonds is 4. The van der Waals surface area contributed by atoms with Gasteiger partial charge in [0.05, 0.1) is 33.1 Å². The van der Waals surface area contributed by atoms with E-state index in [2.05, 4.69) is 60.1 Å². The molecule has 1 aromatic carbocycles. The van der Waals surface area contributed by atoms with Gasteiger partial charge in [-0.1, -0.05) is 18.2 Å². The number of aromatic amines is 1. The number of hydrogen-bond acceptors (Lipinski definition) is 0. The van der Waals surface area contributed by atoms with Crippen LogP contribution in [0.3, 0.4) is 0 Å². The molecule has 0 bridgehead atoms. The van der Waals surface area contributed by atoms with Crippen molar-refractivity contribution in [1.29, 1.82) is 0 Å². The van der Waals surface area contributed by atoms with Gasteiger partial charge >= 0.3 is 0 Å². The van der Waals surface area contributed by atoms with Crippen molar-refractivity contribution < 1.29 is 9.05 Å². The molecule has 0 saturated carbocycles. The van der Waals surface area contributed by atoms with E-state index in [9.17, 15) is 0 Å². The fourth-order valence-electron chi connectivity index (χ4n) is 4.41. The zero-order chi connectivity index (χ0) is 16.6. The van der Waals surface area contributed by atoms with Gasteiger partial charge < -0.3 is 9.47 Å². The van der Waals surface area contributed by atoms with Crippen LogP contribution in [0.15, 0.2) is 36.5 Å². The molecule has 0 unspecified atom stereocenters. The van der Waals surface area contributed by atoms with E-state index in [1.807, 2.05) is 0 Å². The zero-order valence-electron chi connectivity index (χ0n) is 15.0. The second kappa shape index (κ2) is 6.21. The molecular weight excluding hydrogens is 294 g/mol. The first kappa shape index (κ1) is 15.6. The molecule has 0 radical (unpaired) electrons. The lowest BCUT2D eigenvalue weighted by atomic mass is 10.1. The van der Waals surface area contributed by atoms with E-state index in [1.165, 1.54) is 77.3 Å². The van der Waals surface area contributed by atoms with Gasteiger partial charge in [-0.05, 0) is 25.3 Å². The number of fused-ring (bicyclic) bond motifs is 3. The Morgan fingerprint density at radius 1 is 1.04 bits per heavy atom. The topological polar surface area (TPSA) is 19.7 Å². The van der Waals surface area contributed by atoms with Crippen LogP contribution in [0.5, 0.6) is 0 Å². The lowest BCUT2D eigenvalue weighted by Gasteiger charge is -2.37. The fourth-order valence-corrected chi connectivity index (χ4v) is 4.41. The quantitative estimate of drug-likeness (QED) is 0.554. The van der Waals surface area contributed by atoms with Crippen molar-refractivity contribution >= 4 is 21.8 Å². The number of aryl methyl sites for hydroxylation is 2. The van der Waals surface area contributed by atoms with Crippen LogP contribution in [0, 0.1) is 6.92 Å². The Labute approximate surface area is 144 Å². The number of hydrogen-bond donors (Lipinski definition) is 1. The monoisotopic (exact) mass is 323 g/mol. The van der Waals surface area contributed by atoms with E-state index in [0.717, 1.165) is 6.54 Å². The maximum absolute atomic E-state index is 3.61. The van der Waals surface area contributed by atoms with Gasteiger partial charge in [-0.2, -0.15) is 0 Å². The maximum Gasteiger partial charge on any atom is 0.202 e. The number of nitrogens with zero attached hydrogens (tertiary/aromatic N) is 2. The summed E-state index contributed by atoms with van der Waals surface area (Å²) in [5.74, 6) is 0. The molecule has 1 aliphatic rings. The average molecular weight is 323 g/mol. The number of pyridine rings is 1. The largest absolute Gasteiger partial charge is 0.349 e. The van der Waals surface area contributed by atoms with Crippen LogP contribution in [-0.2, 0) is 6.54 Å². The van der Waals surface area contributed by atoms with Crippen LogP contribution < -0.4 is 4.57 Å². The van der Waals surface area contributed by atoms with E-state index >= 15 is 0 Å². The number of quaternary nitrogens is 1. The Balaban J connectivity index is 1.54. The molecule has 126 valence electrons. The molecule has 0 spiro atoms. The summed E-state index contributed by atoms with van der Waals surface area (Å²) in [5.41, 5.74) is 3.88. The highest BCUT2D eigenvalue weighted by Gasteiger charge is 2.25. The first-order valence-corrected chi connectivity index (χ1v) is 9.39. The highest BCUT2D eigenvalue weighted by Crippen LogP contribution is 2.25. The minimum absolute atomic E-state index is 1.12. The second-order valence-electron chi connectivity index (χ2n) is 7.76. The molecule has 0 amide bonds. The molecule has 0 aliphatic carbocycles. The molecular formula is C21H29N3+2. The summed E-state index contributed by atoms with van der Waals surface area (Å²) in [5, 5.41) is 2.67. The molecule has 4 rings (SSSR count). The summed E-state index contributed by atoms with van der Waals surface area (Å²) in [6, 6.07) is 10.9. The van der Waals surface area contributed by atoms with Crippen molar-refractivity contribution in [2.24, 2.45) is 0 Å². The van der Waals surface area contributed by atoms with Crippen molar-refractivity contribution in [1.82, 2.24) is 4.98 Å². The number of nitrogens with one attached hydrogen (secondary N) is 1. The summed E-state index contributed by atoms with van der Waals surface area (Å²) in [7, 11) is 2.44. The lowest BCUT2D eigenvalue weighted by molar-refractivity contribution is -0.916. The summed E-state index contributed by atoms with van der Waals surface area (Å²) in [6.45, 7) is 7.40. The molecule has 3 aromatic rings. The average Bonchev–Trinajstić information content (AvgIpc) is 2.97. The van der Waals surface area contributed by atoms with Crippen LogP contribution in [0.4, 0.5) is 0 Å².